The van der Waals surface area contributed by atoms with Gasteiger partial charge in [-0.15, -0.1) is 0 Å². The molecule has 94 valence electrons. The Morgan fingerprint density at radius 2 is 2.06 bits per heavy atom. The number of nitrogens with two attached hydrogens (primary N) is 1. The van der Waals surface area contributed by atoms with Gasteiger partial charge in [0.15, 0.2) is 0 Å². The van der Waals surface area contributed by atoms with E-state index in [1.807, 2.05) is 13.0 Å². The molecule has 0 atom stereocenters. The maximum absolute atomic E-state index is 11.8. The predicted molar refractivity (Wildman–Crippen MR) is 72.1 cm³/mol. The number of rotatable bonds is 6. The van der Waals surface area contributed by atoms with Crippen molar-refractivity contribution in [3.63, 3.8) is 0 Å². The summed E-state index contributed by atoms with van der Waals surface area (Å²) in [5.74, 6) is -0.00963. The smallest absolute Gasteiger partial charge is 0.251 e. The first kappa shape index (κ1) is 13.6. The molecule has 3 N–H and O–H groups in total. The quantitative estimate of drug-likeness (QED) is 0.587. The second kappa shape index (κ2) is 6.94. The van der Waals surface area contributed by atoms with E-state index in [1.54, 1.807) is 12.1 Å². The molecule has 0 unspecified atom stereocenters. The molecule has 0 heterocycles. The first-order valence-electron chi connectivity index (χ1n) is 6.29. The summed E-state index contributed by atoms with van der Waals surface area (Å²) in [5, 5.41) is 2.92. The SMILES string of the molecule is CCCCCCNC(=O)c1ccc(N)c(C)c1. The van der Waals surface area contributed by atoms with Crippen molar-refractivity contribution in [2.75, 3.05) is 12.3 Å². The van der Waals surface area contributed by atoms with Crippen molar-refractivity contribution < 1.29 is 4.79 Å². The van der Waals surface area contributed by atoms with Crippen molar-refractivity contribution in [1.29, 1.82) is 0 Å². The van der Waals surface area contributed by atoms with E-state index in [-0.39, 0.29) is 5.91 Å². The van der Waals surface area contributed by atoms with E-state index in [0.29, 0.717) is 5.56 Å². The molecule has 0 saturated carbocycles. The highest BCUT2D eigenvalue weighted by Gasteiger charge is 2.05. The van der Waals surface area contributed by atoms with Crippen LogP contribution in [0.25, 0.3) is 0 Å². The molecule has 17 heavy (non-hydrogen) atoms. The van der Waals surface area contributed by atoms with Crippen LogP contribution in [0.3, 0.4) is 0 Å². The fraction of sp³-hybridized carbons (Fsp3) is 0.500. The molecule has 1 aromatic carbocycles. The van der Waals surface area contributed by atoms with Gasteiger partial charge in [-0.2, -0.15) is 0 Å². The number of carbonyl (C=O) groups is 1. The number of unbranched alkanes of at least 4 members (excludes halogenated alkanes) is 3. The van der Waals surface area contributed by atoms with Crippen LogP contribution in [0.1, 0.15) is 48.5 Å². The van der Waals surface area contributed by atoms with Gasteiger partial charge < -0.3 is 11.1 Å². The molecular weight excluding hydrogens is 212 g/mol. The van der Waals surface area contributed by atoms with Gasteiger partial charge in [0.05, 0.1) is 0 Å². The molecule has 1 amide bonds. The fourth-order valence-corrected chi connectivity index (χ4v) is 1.67. The van der Waals surface area contributed by atoms with Crippen LogP contribution < -0.4 is 11.1 Å². The van der Waals surface area contributed by atoms with E-state index in [1.165, 1.54) is 19.3 Å². The Morgan fingerprint density at radius 1 is 1.29 bits per heavy atom. The summed E-state index contributed by atoms with van der Waals surface area (Å²) in [5.41, 5.74) is 8.07. The van der Waals surface area contributed by atoms with Gasteiger partial charge in [0.1, 0.15) is 0 Å². The van der Waals surface area contributed by atoms with Crippen molar-refractivity contribution >= 4 is 11.6 Å². The van der Waals surface area contributed by atoms with E-state index in [2.05, 4.69) is 12.2 Å². The average Bonchev–Trinajstić information content (AvgIpc) is 2.32. The summed E-state index contributed by atoms with van der Waals surface area (Å²) in [6.07, 6.45) is 4.67. The molecule has 3 heteroatoms. The van der Waals surface area contributed by atoms with E-state index < -0.39 is 0 Å². The Morgan fingerprint density at radius 3 is 2.71 bits per heavy atom. The molecule has 0 fully saturated rings. The first-order chi connectivity index (χ1) is 8.15. The summed E-state index contributed by atoms with van der Waals surface area (Å²) < 4.78 is 0. The number of amides is 1. The molecule has 0 aliphatic rings. The summed E-state index contributed by atoms with van der Waals surface area (Å²) in [7, 11) is 0. The van der Waals surface area contributed by atoms with E-state index in [9.17, 15) is 4.79 Å². The summed E-state index contributed by atoms with van der Waals surface area (Å²) >= 11 is 0. The predicted octanol–water partition coefficient (Wildman–Crippen LogP) is 2.89. The molecule has 0 spiro atoms. The topological polar surface area (TPSA) is 55.1 Å². The van der Waals surface area contributed by atoms with Gasteiger partial charge in [0.25, 0.3) is 5.91 Å². The van der Waals surface area contributed by atoms with Crippen LogP contribution in [0.5, 0.6) is 0 Å². The monoisotopic (exact) mass is 234 g/mol. The highest BCUT2D eigenvalue weighted by molar-refractivity contribution is 5.94. The number of aryl methyl sites for hydroxylation is 1. The first-order valence-corrected chi connectivity index (χ1v) is 6.29. The van der Waals surface area contributed by atoms with Crippen LogP contribution in [-0.2, 0) is 0 Å². The van der Waals surface area contributed by atoms with Gasteiger partial charge in [-0.05, 0) is 37.1 Å². The van der Waals surface area contributed by atoms with Crippen LogP contribution in [0.2, 0.25) is 0 Å². The van der Waals surface area contributed by atoms with Gasteiger partial charge in [-0.1, -0.05) is 26.2 Å². The second-order valence-corrected chi connectivity index (χ2v) is 4.39. The van der Waals surface area contributed by atoms with Crippen molar-refractivity contribution in [1.82, 2.24) is 5.32 Å². The lowest BCUT2D eigenvalue weighted by atomic mass is 10.1. The zero-order chi connectivity index (χ0) is 12.7. The minimum Gasteiger partial charge on any atom is -0.399 e. The Hall–Kier alpha value is -1.51. The van der Waals surface area contributed by atoms with Gasteiger partial charge in [-0.3, -0.25) is 4.79 Å². The van der Waals surface area contributed by atoms with E-state index >= 15 is 0 Å². The normalized spacial score (nSPS) is 10.2. The van der Waals surface area contributed by atoms with Crippen molar-refractivity contribution in [3.05, 3.63) is 29.3 Å². The number of anilines is 1. The molecule has 0 aliphatic carbocycles. The number of nitrogens with one attached hydrogen (secondary N) is 1. The van der Waals surface area contributed by atoms with E-state index in [4.69, 9.17) is 5.73 Å². The number of carbonyl (C=O) groups excluding carboxylic acids is 1. The van der Waals surface area contributed by atoms with Gasteiger partial charge in [-0.25, -0.2) is 0 Å². The molecule has 0 saturated heterocycles. The zero-order valence-corrected chi connectivity index (χ0v) is 10.8. The third-order valence-electron chi connectivity index (χ3n) is 2.85. The Balaban J connectivity index is 2.39. The van der Waals surface area contributed by atoms with Crippen molar-refractivity contribution in [2.45, 2.75) is 39.5 Å². The highest BCUT2D eigenvalue weighted by atomic mass is 16.1. The maximum Gasteiger partial charge on any atom is 0.251 e. The second-order valence-electron chi connectivity index (χ2n) is 4.39. The molecular formula is C14H22N2O. The molecule has 3 nitrogen and oxygen atoms in total. The Bertz CT molecular complexity index is 374. The van der Waals surface area contributed by atoms with Crippen LogP contribution in [0.4, 0.5) is 5.69 Å². The van der Waals surface area contributed by atoms with E-state index in [0.717, 1.165) is 24.2 Å². The van der Waals surface area contributed by atoms with Gasteiger partial charge in [0, 0.05) is 17.8 Å². The minimum atomic E-state index is -0.00963. The largest absolute Gasteiger partial charge is 0.399 e. The van der Waals surface area contributed by atoms with Crippen LogP contribution in [-0.4, -0.2) is 12.5 Å². The van der Waals surface area contributed by atoms with Gasteiger partial charge >= 0.3 is 0 Å². The lowest BCUT2D eigenvalue weighted by molar-refractivity contribution is 0.0953. The molecule has 0 radical (unpaired) electrons. The molecule has 1 aromatic rings. The number of hydrogen-bond donors (Lipinski definition) is 2. The zero-order valence-electron chi connectivity index (χ0n) is 10.8. The molecule has 0 bridgehead atoms. The minimum absolute atomic E-state index is 0.00963. The molecule has 0 aromatic heterocycles. The van der Waals surface area contributed by atoms with Crippen LogP contribution in [0, 0.1) is 6.92 Å². The number of nitrogen functional groups attached to an aromatic ring is 1. The van der Waals surface area contributed by atoms with Crippen molar-refractivity contribution in [2.24, 2.45) is 0 Å². The summed E-state index contributed by atoms with van der Waals surface area (Å²) in [6.45, 7) is 4.84. The van der Waals surface area contributed by atoms with Crippen molar-refractivity contribution in [3.8, 4) is 0 Å². The molecule has 1 rings (SSSR count). The van der Waals surface area contributed by atoms with Crippen LogP contribution >= 0.6 is 0 Å². The lowest BCUT2D eigenvalue weighted by Crippen LogP contribution is -2.24. The lowest BCUT2D eigenvalue weighted by Gasteiger charge is -2.06. The Kier molecular flexibility index (Phi) is 5.53. The highest BCUT2D eigenvalue weighted by Crippen LogP contribution is 2.12. The summed E-state index contributed by atoms with van der Waals surface area (Å²) in [6, 6.07) is 5.38. The number of benzene rings is 1. The number of hydrogen-bond acceptors (Lipinski definition) is 2. The molecule has 0 aliphatic heterocycles. The van der Waals surface area contributed by atoms with Crippen LogP contribution in [0.15, 0.2) is 18.2 Å². The third kappa shape index (κ3) is 4.47. The standard InChI is InChI=1S/C14H22N2O/c1-3-4-5-6-9-16-14(17)12-7-8-13(15)11(2)10-12/h7-8,10H,3-6,9,15H2,1-2H3,(H,16,17). The summed E-state index contributed by atoms with van der Waals surface area (Å²) in [4.78, 5) is 11.8. The maximum atomic E-state index is 11.8. The Labute approximate surface area is 103 Å². The fourth-order valence-electron chi connectivity index (χ4n) is 1.67. The third-order valence-corrected chi connectivity index (χ3v) is 2.85. The van der Waals surface area contributed by atoms with Gasteiger partial charge in [0.2, 0.25) is 0 Å². The average molecular weight is 234 g/mol.